The largest absolute Gasteiger partial charge is 0.473 e. The fourth-order valence-corrected chi connectivity index (χ4v) is 0.682. The Morgan fingerprint density at radius 1 is 1.17 bits per heavy atom. The summed E-state index contributed by atoms with van der Waals surface area (Å²) in [6.45, 7) is 3.82. The smallest absolute Gasteiger partial charge is 0.446 e. The van der Waals surface area contributed by atoms with Gasteiger partial charge in [0, 0.05) is 6.92 Å². The molecular formula is C8H12F3N3O4. The molecule has 0 aromatic heterocycles. The molecule has 0 radical (unpaired) electrons. The Labute approximate surface area is 100 Å². The van der Waals surface area contributed by atoms with Gasteiger partial charge < -0.3 is 4.74 Å². The number of hydrogen-bond donors (Lipinski definition) is 2. The van der Waals surface area contributed by atoms with Crippen molar-refractivity contribution in [2.75, 3.05) is 0 Å². The molecule has 0 saturated carbocycles. The van der Waals surface area contributed by atoms with Crippen molar-refractivity contribution in [3.8, 4) is 0 Å². The molecule has 0 bridgehead atoms. The maximum atomic E-state index is 11.9. The maximum absolute atomic E-state index is 11.9. The topological polar surface area (TPSA) is 87.7 Å². The summed E-state index contributed by atoms with van der Waals surface area (Å²) in [6, 6.07) is 0. The van der Waals surface area contributed by atoms with Gasteiger partial charge in [-0.2, -0.15) is 18.3 Å². The van der Waals surface area contributed by atoms with Gasteiger partial charge in [0.2, 0.25) is 0 Å². The molecule has 0 aromatic carbocycles. The van der Waals surface area contributed by atoms with E-state index in [0.29, 0.717) is 0 Å². The van der Waals surface area contributed by atoms with Gasteiger partial charge in [-0.3, -0.25) is 9.59 Å². The Bertz CT molecular complexity index is 343. The predicted molar refractivity (Wildman–Crippen MR) is 51.5 cm³/mol. The molecule has 0 atom stereocenters. The number of nitrogens with one attached hydrogen (secondary N) is 2. The van der Waals surface area contributed by atoms with Crippen LogP contribution in [0.3, 0.4) is 0 Å². The minimum absolute atomic E-state index is 0.0134. The highest BCUT2D eigenvalue weighted by Gasteiger charge is 2.40. The van der Waals surface area contributed by atoms with E-state index in [2.05, 4.69) is 4.74 Å². The normalized spacial score (nSPS) is 10.8. The number of amides is 3. The van der Waals surface area contributed by atoms with E-state index < -0.39 is 30.2 Å². The number of halogens is 3. The fraction of sp³-hybridized carbons (Fsp3) is 0.625. The molecule has 7 nitrogen and oxygen atoms in total. The van der Waals surface area contributed by atoms with Crippen molar-refractivity contribution in [1.82, 2.24) is 16.0 Å². The predicted octanol–water partition coefficient (Wildman–Crippen LogP) is 0.478. The molecule has 0 aliphatic heterocycles. The number of rotatable bonds is 1. The fourth-order valence-electron chi connectivity index (χ4n) is 0.682. The van der Waals surface area contributed by atoms with E-state index in [1.54, 1.807) is 5.43 Å². The van der Waals surface area contributed by atoms with Crippen LogP contribution in [0.1, 0.15) is 20.8 Å². The molecule has 0 saturated heterocycles. The molecular weight excluding hydrogens is 259 g/mol. The Kier molecular flexibility index (Phi) is 5.40. The van der Waals surface area contributed by atoms with Gasteiger partial charge in [0.05, 0.1) is 6.10 Å². The molecule has 0 aromatic rings. The van der Waals surface area contributed by atoms with E-state index in [9.17, 15) is 27.6 Å². The number of ether oxygens (including phenoxy) is 1. The summed E-state index contributed by atoms with van der Waals surface area (Å²) in [5.74, 6) is -3.43. The number of carbonyl (C=O) groups is 3. The third kappa shape index (κ3) is 5.92. The molecule has 0 fully saturated rings. The van der Waals surface area contributed by atoms with Gasteiger partial charge in [-0.1, -0.05) is 0 Å². The van der Waals surface area contributed by atoms with Crippen LogP contribution in [0, 0.1) is 0 Å². The molecule has 104 valence electrons. The van der Waals surface area contributed by atoms with Crippen LogP contribution in [0.4, 0.5) is 18.0 Å². The quantitative estimate of drug-likeness (QED) is 0.679. The number of carbonyl (C=O) groups excluding carboxylic acids is 3. The summed E-state index contributed by atoms with van der Waals surface area (Å²) in [7, 11) is 0. The van der Waals surface area contributed by atoms with Crippen LogP contribution in [0.15, 0.2) is 0 Å². The Balaban J connectivity index is 4.56. The minimum Gasteiger partial charge on any atom is -0.446 e. The third-order valence-corrected chi connectivity index (χ3v) is 1.33. The van der Waals surface area contributed by atoms with Crippen LogP contribution in [-0.4, -0.2) is 35.3 Å². The third-order valence-electron chi connectivity index (χ3n) is 1.33. The Morgan fingerprint density at radius 2 is 1.67 bits per heavy atom. The average Bonchev–Trinajstić information content (AvgIpc) is 2.13. The van der Waals surface area contributed by atoms with Crippen LogP contribution in [0.5, 0.6) is 0 Å². The second-order valence-electron chi connectivity index (χ2n) is 3.36. The van der Waals surface area contributed by atoms with E-state index in [4.69, 9.17) is 0 Å². The molecule has 2 N–H and O–H groups in total. The highest BCUT2D eigenvalue weighted by atomic mass is 19.4. The van der Waals surface area contributed by atoms with Gasteiger partial charge in [0.25, 0.3) is 5.91 Å². The maximum Gasteiger partial charge on any atom is 0.473 e. The lowest BCUT2D eigenvalue weighted by atomic mass is 10.5. The lowest BCUT2D eigenvalue weighted by Gasteiger charge is -2.22. The van der Waals surface area contributed by atoms with E-state index >= 15 is 0 Å². The second kappa shape index (κ2) is 6.07. The molecule has 18 heavy (non-hydrogen) atoms. The standard InChI is InChI=1S/C8H12F3N3O4/c1-4(2)18-7(17)13-14(5(3)15)12-6(16)8(9,10)11/h4H,1-3H3,(H,12,16)(H,13,17). The van der Waals surface area contributed by atoms with Crippen LogP contribution in [0.2, 0.25) is 0 Å². The summed E-state index contributed by atoms with van der Waals surface area (Å²) in [5.41, 5.74) is 2.81. The van der Waals surface area contributed by atoms with Gasteiger partial charge in [-0.25, -0.2) is 15.6 Å². The minimum atomic E-state index is -5.18. The van der Waals surface area contributed by atoms with Crippen molar-refractivity contribution in [2.45, 2.75) is 33.1 Å². The zero-order valence-electron chi connectivity index (χ0n) is 9.79. The van der Waals surface area contributed by atoms with Crippen molar-refractivity contribution in [1.29, 1.82) is 0 Å². The Morgan fingerprint density at radius 3 is 2.00 bits per heavy atom. The van der Waals surface area contributed by atoms with Gasteiger partial charge in [-0.15, -0.1) is 0 Å². The lowest BCUT2D eigenvalue weighted by Crippen LogP contribution is -2.58. The highest BCUT2D eigenvalue weighted by molar-refractivity contribution is 5.85. The van der Waals surface area contributed by atoms with Crippen LogP contribution >= 0.6 is 0 Å². The number of alkyl halides is 3. The van der Waals surface area contributed by atoms with E-state index in [-0.39, 0.29) is 5.12 Å². The SMILES string of the molecule is CC(=O)N(NC(=O)OC(C)C)NC(=O)C(F)(F)F. The zero-order chi connectivity index (χ0) is 14.5. The van der Waals surface area contributed by atoms with Gasteiger partial charge in [0.15, 0.2) is 0 Å². The van der Waals surface area contributed by atoms with E-state index in [0.717, 1.165) is 6.92 Å². The molecule has 10 heteroatoms. The first-order chi connectivity index (χ1) is 8.04. The number of hydrazine groups is 2. The summed E-state index contributed by atoms with van der Waals surface area (Å²) in [4.78, 5) is 32.5. The first-order valence-corrected chi connectivity index (χ1v) is 4.69. The van der Waals surface area contributed by atoms with Gasteiger partial charge in [0.1, 0.15) is 0 Å². The van der Waals surface area contributed by atoms with Crippen molar-refractivity contribution in [3.63, 3.8) is 0 Å². The van der Waals surface area contributed by atoms with Crippen molar-refractivity contribution >= 4 is 17.9 Å². The average molecular weight is 271 g/mol. The number of nitrogens with zero attached hydrogens (tertiary/aromatic N) is 1. The van der Waals surface area contributed by atoms with Crippen LogP contribution in [0.25, 0.3) is 0 Å². The molecule has 0 heterocycles. The van der Waals surface area contributed by atoms with E-state index in [1.165, 1.54) is 19.3 Å². The molecule has 3 amide bonds. The highest BCUT2D eigenvalue weighted by Crippen LogP contribution is 2.14. The molecule has 0 aliphatic rings. The van der Waals surface area contributed by atoms with Crippen molar-refractivity contribution in [3.05, 3.63) is 0 Å². The van der Waals surface area contributed by atoms with E-state index in [1.807, 2.05) is 0 Å². The summed E-state index contributed by atoms with van der Waals surface area (Å²) >= 11 is 0. The van der Waals surface area contributed by atoms with Crippen LogP contribution in [-0.2, 0) is 14.3 Å². The van der Waals surface area contributed by atoms with Gasteiger partial charge >= 0.3 is 18.2 Å². The Hall–Kier alpha value is -2.00. The molecule has 0 rings (SSSR count). The lowest BCUT2D eigenvalue weighted by molar-refractivity contribution is -0.181. The zero-order valence-corrected chi connectivity index (χ0v) is 9.79. The van der Waals surface area contributed by atoms with Crippen molar-refractivity contribution < 1.29 is 32.3 Å². The summed E-state index contributed by atoms with van der Waals surface area (Å²) in [5, 5.41) is -0.0134. The van der Waals surface area contributed by atoms with Crippen LogP contribution < -0.4 is 10.9 Å². The molecule has 0 unspecified atom stereocenters. The summed E-state index contributed by atoms with van der Waals surface area (Å²) in [6.07, 6.45) is -6.91. The first-order valence-electron chi connectivity index (χ1n) is 4.69. The summed E-state index contributed by atoms with van der Waals surface area (Å²) < 4.78 is 40.3. The second-order valence-corrected chi connectivity index (χ2v) is 3.36. The molecule has 0 spiro atoms. The first kappa shape index (κ1) is 16.0. The van der Waals surface area contributed by atoms with Crippen molar-refractivity contribution in [2.24, 2.45) is 0 Å². The monoisotopic (exact) mass is 271 g/mol. The van der Waals surface area contributed by atoms with Gasteiger partial charge in [-0.05, 0) is 13.8 Å². The molecule has 0 aliphatic carbocycles. The number of hydrogen-bond acceptors (Lipinski definition) is 4.